The van der Waals surface area contributed by atoms with Gasteiger partial charge in [-0.2, -0.15) is 0 Å². The summed E-state index contributed by atoms with van der Waals surface area (Å²) in [5, 5.41) is 21.0. The van der Waals surface area contributed by atoms with Gasteiger partial charge in [-0.3, -0.25) is 9.59 Å². The van der Waals surface area contributed by atoms with Crippen LogP contribution in [0.4, 0.5) is 10.1 Å². The van der Waals surface area contributed by atoms with E-state index < -0.39 is 35.3 Å². The van der Waals surface area contributed by atoms with E-state index in [1.54, 1.807) is 18.2 Å². The van der Waals surface area contributed by atoms with Crippen molar-refractivity contribution < 1.29 is 24.2 Å². The van der Waals surface area contributed by atoms with Crippen LogP contribution >= 0.6 is 15.9 Å². The van der Waals surface area contributed by atoms with Crippen LogP contribution in [0.5, 0.6) is 5.75 Å². The maximum atomic E-state index is 13.2. The van der Waals surface area contributed by atoms with Crippen molar-refractivity contribution in [2.24, 2.45) is 0 Å². The molecule has 1 atom stereocenters. The molecule has 1 aliphatic heterocycles. The Labute approximate surface area is 164 Å². The van der Waals surface area contributed by atoms with E-state index in [1.165, 1.54) is 4.90 Å². The molecule has 0 spiro atoms. The standard InChI is InChI=1S/C20H19BrFNO4/c1-2-3-8-23-16-7-4-12(21)9-15(16)20(27,19(23)26)11-18(25)14-6-5-13(22)10-17(14)24/h4-7,9-10,24,27H,2-3,8,11H2,1H3. The first-order valence-corrected chi connectivity index (χ1v) is 9.43. The van der Waals surface area contributed by atoms with Crippen LogP contribution < -0.4 is 4.90 Å². The number of unbranched alkanes of at least 4 members (excludes halogenated alkanes) is 1. The third kappa shape index (κ3) is 3.49. The van der Waals surface area contributed by atoms with Crippen molar-refractivity contribution in [3.05, 3.63) is 57.8 Å². The van der Waals surface area contributed by atoms with Crippen molar-refractivity contribution >= 4 is 33.3 Å². The molecule has 27 heavy (non-hydrogen) atoms. The fraction of sp³-hybridized carbons (Fsp3) is 0.300. The smallest absolute Gasteiger partial charge is 0.264 e. The first kappa shape index (κ1) is 19.5. The predicted molar refractivity (Wildman–Crippen MR) is 102 cm³/mol. The SMILES string of the molecule is CCCCN1C(=O)C(O)(CC(=O)c2ccc(F)cc2O)c2cc(Br)ccc21. The lowest BCUT2D eigenvalue weighted by Crippen LogP contribution is -2.42. The quantitative estimate of drug-likeness (QED) is 0.674. The van der Waals surface area contributed by atoms with E-state index in [1.807, 2.05) is 6.92 Å². The van der Waals surface area contributed by atoms with E-state index in [9.17, 15) is 24.2 Å². The minimum Gasteiger partial charge on any atom is -0.507 e. The molecule has 0 radical (unpaired) electrons. The number of anilines is 1. The number of hydrogen-bond donors (Lipinski definition) is 2. The van der Waals surface area contributed by atoms with E-state index in [0.717, 1.165) is 31.0 Å². The molecule has 0 aliphatic carbocycles. The second kappa shape index (κ2) is 7.40. The minimum atomic E-state index is -2.04. The Bertz CT molecular complexity index is 917. The van der Waals surface area contributed by atoms with Gasteiger partial charge < -0.3 is 15.1 Å². The van der Waals surface area contributed by atoms with Crippen LogP contribution in [0.3, 0.4) is 0 Å². The Kier molecular flexibility index (Phi) is 5.35. The van der Waals surface area contributed by atoms with Crippen molar-refractivity contribution in [1.29, 1.82) is 0 Å². The fourth-order valence-corrected chi connectivity index (χ4v) is 3.66. The summed E-state index contributed by atoms with van der Waals surface area (Å²) >= 11 is 3.33. The molecule has 1 amide bonds. The number of amides is 1. The van der Waals surface area contributed by atoms with Gasteiger partial charge in [0, 0.05) is 22.6 Å². The topological polar surface area (TPSA) is 77.8 Å². The third-order valence-electron chi connectivity index (χ3n) is 4.71. The molecule has 2 aromatic rings. The number of Topliss-reactive ketones (excluding diaryl/α,β-unsaturated/α-hetero) is 1. The summed E-state index contributed by atoms with van der Waals surface area (Å²) in [6.07, 6.45) is 1.08. The van der Waals surface area contributed by atoms with Crippen molar-refractivity contribution in [2.75, 3.05) is 11.4 Å². The van der Waals surface area contributed by atoms with Crippen LogP contribution in [0.1, 0.15) is 42.1 Å². The van der Waals surface area contributed by atoms with Crippen LogP contribution in [-0.4, -0.2) is 28.4 Å². The molecule has 3 rings (SSSR count). The lowest BCUT2D eigenvalue weighted by atomic mass is 9.88. The summed E-state index contributed by atoms with van der Waals surface area (Å²) in [6.45, 7) is 2.43. The Morgan fingerprint density at radius 2 is 2.00 bits per heavy atom. The Hall–Kier alpha value is -2.25. The zero-order chi connectivity index (χ0) is 19.8. The zero-order valence-electron chi connectivity index (χ0n) is 14.7. The van der Waals surface area contributed by atoms with Gasteiger partial charge in [0.25, 0.3) is 5.91 Å². The molecular formula is C20H19BrFNO4. The second-order valence-corrected chi connectivity index (χ2v) is 7.51. The molecule has 1 aliphatic rings. The minimum absolute atomic E-state index is 0.138. The number of ketones is 1. The van der Waals surface area contributed by atoms with Gasteiger partial charge in [-0.15, -0.1) is 0 Å². The highest BCUT2D eigenvalue weighted by molar-refractivity contribution is 9.10. The monoisotopic (exact) mass is 435 g/mol. The highest BCUT2D eigenvalue weighted by Gasteiger charge is 2.51. The van der Waals surface area contributed by atoms with Crippen LogP contribution in [0.2, 0.25) is 0 Å². The fourth-order valence-electron chi connectivity index (χ4n) is 3.30. The molecule has 1 heterocycles. The Morgan fingerprint density at radius 3 is 2.67 bits per heavy atom. The average Bonchev–Trinajstić information content (AvgIpc) is 2.80. The van der Waals surface area contributed by atoms with E-state index in [2.05, 4.69) is 15.9 Å². The number of aromatic hydroxyl groups is 1. The molecular weight excluding hydrogens is 417 g/mol. The number of aliphatic hydroxyl groups is 1. The summed E-state index contributed by atoms with van der Waals surface area (Å²) < 4.78 is 13.8. The van der Waals surface area contributed by atoms with Crippen molar-refractivity contribution in [1.82, 2.24) is 0 Å². The summed E-state index contributed by atoms with van der Waals surface area (Å²) in [5.74, 6) is -2.42. The summed E-state index contributed by atoms with van der Waals surface area (Å²) in [4.78, 5) is 27.2. The molecule has 2 aromatic carbocycles. The van der Waals surface area contributed by atoms with Gasteiger partial charge in [0.05, 0.1) is 17.7 Å². The third-order valence-corrected chi connectivity index (χ3v) is 5.20. The number of fused-ring (bicyclic) bond motifs is 1. The highest BCUT2D eigenvalue weighted by Crippen LogP contribution is 2.44. The molecule has 5 nitrogen and oxygen atoms in total. The molecule has 0 bridgehead atoms. The number of benzene rings is 2. The van der Waals surface area contributed by atoms with Crippen molar-refractivity contribution in [3.63, 3.8) is 0 Å². The van der Waals surface area contributed by atoms with Gasteiger partial charge >= 0.3 is 0 Å². The lowest BCUT2D eigenvalue weighted by Gasteiger charge is -2.23. The number of phenolic OH excluding ortho intramolecular Hbond substituents is 1. The number of phenols is 1. The van der Waals surface area contributed by atoms with Gasteiger partial charge in [0.1, 0.15) is 11.6 Å². The number of nitrogens with zero attached hydrogens (tertiary/aromatic N) is 1. The molecule has 0 aromatic heterocycles. The van der Waals surface area contributed by atoms with Crippen LogP contribution in [-0.2, 0) is 10.4 Å². The number of rotatable bonds is 6. The predicted octanol–water partition coefficient (Wildman–Crippen LogP) is 3.90. The molecule has 7 heteroatoms. The number of carbonyl (C=O) groups is 2. The largest absolute Gasteiger partial charge is 0.507 e. The Morgan fingerprint density at radius 1 is 1.26 bits per heavy atom. The van der Waals surface area contributed by atoms with Crippen molar-refractivity contribution in [3.8, 4) is 5.75 Å². The first-order valence-electron chi connectivity index (χ1n) is 8.64. The number of halogens is 2. The van der Waals surface area contributed by atoms with E-state index in [0.29, 0.717) is 22.3 Å². The van der Waals surface area contributed by atoms with Crippen molar-refractivity contribution in [2.45, 2.75) is 31.8 Å². The summed E-state index contributed by atoms with van der Waals surface area (Å²) in [6, 6.07) is 8.13. The molecule has 142 valence electrons. The molecule has 1 unspecified atom stereocenters. The van der Waals surface area contributed by atoms with E-state index in [4.69, 9.17) is 0 Å². The normalized spacial score (nSPS) is 18.7. The maximum Gasteiger partial charge on any atom is 0.264 e. The number of hydrogen-bond acceptors (Lipinski definition) is 4. The second-order valence-electron chi connectivity index (χ2n) is 6.59. The first-order chi connectivity index (χ1) is 12.8. The van der Waals surface area contributed by atoms with E-state index in [-0.39, 0.29) is 5.56 Å². The van der Waals surface area contributed by atoms with Gasteiger partial charge in [0.2, 0.25) is 0 Å². The van der Waals surface area contributed by atoms with Crippen LogP contribution in [0.15, 0.2) is 40.9 Å². The lowest BCUT2D eigenvalue weighted by molar-refractivity contribution is -0.135. The number of carbonyl (C=O) groups excluding carboxylic acids is 2. The molecule has 0 fully saturated rings. The molecule has 2 N–H and O–H groups in total. The summed E-state index contributed by atoms with van der Waals surface area (Å²) in [7, 11) is 0. The maximum absolute atomic E-state index is 13.2. The zero-order valence-corrected chi connectivity index (χ0v) is 16.3. The molecule has 0 saturated carbocycles. The van der Waals surface area contributed by atoms with Gasteiger partial charge in [-0.05, 0) is 36.8 Å². The molecule has 0 saturated heterocycles. The summed E-state index contributed by atoms with van der Waals surface area (Å²) in [5.41, 5.74) is -1.27. The Balaban J connectivity index is 1.99. The van der Waals surface area contributed by atoms with Gasteiger partial charge in [0.15, 0.2) is 11.4 Å². The van der Waals surface area contributed by atoms with Gasteiger partial charge in [-0.1, -0.05) is 29.3 Å². The van der Waals surface area contributed by atoms with Crippen LogP contribution in [0, 0.1) is 5.82 Å². The van der Waals surface area contributed by atoms with Gasteiger partial charge in [-0.25, -0.2) is 4.39 Å². The highest BCUT2D eigenvalue weighted by atomic mass is 79.9. The van der Waals surface area contributed by atoms with Crippen LogP contribution in [0.25, 0.3) is 0 Å². The average molecular weight is 436 g/mol. The van der Waals surface area contributed by atoms with E-state index >= 15 is 0 Å².